The molecule has 0 radical (unpaired) electrons. The van der Waals surface area contributed by atoms with Crippen LogP contribution in [0.1, 0.15) is 44.5 Å². The number of amides is 1. The summed E-state index contributed by atoms with van der Waals surface area (Å²) in [5.41, 5.74) is 1.92. The highest BCUT2D eigenvalue weighted by Crippen LogP contribution is 2.25. The van der Waals surface area contributed by atoms with E-state index in [9.17, 15) is 4.79 Å². The van der Waals surface area contributed by atoms with Crippen LogP contribution in [0.3, 0.4) is 0 Å². The van der Waals surface area contributed by atoms with Gasteiger partial charge in [0.2, 0.25) is 17.7 Å². The Hall–Kier alpha value is -1.88. The molecule has 2 aromatic rings. The fourth-order valence-corrected chi connectivity index (χ4v) is 2.45. The number of rotatable bonds is 7. The van der Waals surface area contributed by atoms with Gasteiger partial charge in [-0.05, 0) is 24.5 Å². The van der Waals surface area contributed by atoms with Crippen LogP contribution < -0.4 is 4.90 Å². The minimum absolute atomic E-state index is 0.147. The lowest BCUT2D eigenvalue weighted by atomic mass is 10.1. The molecule has 124 valence electrons. The molecule has 0 aliphatic heterocycles. The average Bonchev–Trinajstić information content (AvgIpc) is 3.06. The summed E-state index contributed by atoms with van der Waals surface area (Å²) in [6.07, 6.45) is 2.05. The number of aryl methyl sites for hydroxylation is 2. The molecular weight excluding hydrogens is 314 g/mol. The zero-order chi connectivity index (χ0) is 16.8. The highest BCUT2D eigenvalue weighted by Gasteiger charge is 2.25. The van der Waals surface area contributed by atoms with E-state index < -0.39 is 5.38 Å². The van der Waals surface area contributed by atoms with Gasteiger partial charge in [-0.25, -0.2) is 0 Å². The third-order valence-corrected chi connectivity index (χ3v) is 4.16. The Morgan fingerprint density at radius 3 is 2.48 bits per heavy atom. The topological polar surface area (TPSA) is 59.2 Å². The van der Waals surface area contributed by atoms with Gasteiger partial charge in [-0.1, -0.05) is 39.0 Å². The first kappa shape index (κ1) is 17.5. The van der Waals surface area contributed by atoms with E-state index in [4.69, 9.17) is 16.0 Å². The second kappa shape index (κ2) is 8.11. The normalized spacial score (nSPS) is 12.2. The van der Waals surface area contributed by atoms with Crippen LogP contribution in [-0.4, -0.2) is 21.5 Å². The molecule has 1 aromatic heterocycles. The van der Waals surface area contributed by atoms with Crippen molar-refractivity contribution in [3.05, 3.63) is 41.6 Å². The van der Waals surface area contributed by atoms with Gasteiger partial charge in [-0.15, -0.1) is 21.8 Å². The summed E-state index contributed by atoms with van der Waals surface area (Å²) in [4.78, 5) is 14.4. The van der Waals surface area contributed by atoms with E-state index in [-0.39, 0.29) is 12.5 Å². The highest BCUT2D eigenvalue weighted by molar-refractivity contribution is 6.32. The van der Waals surface area contributed by atoms with E-state index in [1.807, 2.05) is 38.1 Å². The van der Waals surface area contributed by atoms with E-state index in [0.717, 1.165) is 17.7 Å². The smallest absolute Gasteiger partial charge is 0.245 e. The summed E-state index contributed by atoms with van der Waals surface area (Å²) in [6, 6.07) is 7.81. The second-order valence-electron chi connectivity index (χ2n) is 5.23. The van der Waals surface area contributed by atoms with Crippen molar-refractivity contribution in [3.8, 4) is 0 Å². The molecule has 2 rings (SSSR count). The number of benzene rings is 1. The molecule has 0 bridgehead atoms. The average molecular weight is 336 g/mol. The maximum Gasteiger partial charge on any atom is 0.245 e. The number of alkyl halides is 1. The first-order valence-corrected chi connectivity index (χ1v) is 8.38. The Balaban J connectivity index is 2.36. The number of aromatic nitrogens is 2. The van der Waals surface area contributed by atoms with Gasteiger partial charge < -0.3 is 9.32 Å². The third-order valence-electron chi connectivity index (χ3n) is 3.66. The number of nitrogens with zero attached hydrogens (tertiary/aromatic N) is 3. The molecule has 0 fully saturated rings. The summed E-state index contributed by atoms with van der Waals surface area (Å²) in [6.45, 7) is 6.12. The minimum Gasteiger partial charge on any atom is -0.423 e. The number of anilines is 1. The summed E-state index contributed by atoms with van der Waals surface area (Å²) >= 11 is 6.20. The van der Waals surface area contributed by atoms with Gasteiger partial charge in [0.05, 0.1) is 0 Å². The molecule has 1 unspecified atom stereocenters. The Morgan fingerprint density at radius 1 is 1.17 bits per heavy atom. The molecule has 0 N–H and O–H groups in total. The van der Waals surface area contributed by atoms with Crippen LogP contribution in [0.4, 0.5) is 5.69 Å². The van der Waals surface area contributed by atoms with Crippen molar-refractivity contribution in [2.24, 2.45) is 0 Å². The lowest BCUT2D eigenvalue weighted by Crippen LogP contribution is -2.37. The first-order chi connectivity index (χ1) is 11.1. The number of carbonyl (C=O) groups is 1. The third kappa shape index (κ3) is 4.10. The number of hydrogen-bond donors (Lipinski definition) is 0. The van der Waals surface area contributed by atoms with Crippen molar-refractivity contribution >= 4 is 23.2 Å². The zero-order valence-electron chi connectivity index (χ0n) is 13.8. The number of carbonyl (C=O) groups excluding carboxylic acids is 1. The summed E-state index contributed by atoms with van der Waals surface area (Å²) < 4.78 is 5.56. The first-order valence-electron chi connectivity index (χ1n) is 7.95. The molecule has 1 heterocycles. The monoisotopic (exact) mass is 335 g/mol. The van der Waals surface area contributed by atoms with Crippen molar-refractivity contribution in [2.45, 2.75) is 52.0 Å². The predicted molar refractivity (Wildman–Crippen MR) is 90.6 cm³/mol. The maximum atomic E-state index is 12.7. The van der Waals surface area contributed by atoms with Crippen LogP contribution in [0, 0.1) is 0 Å². The van der Waals surface area contributed by atoms with Gasteiger partial charge in [0, 0.05) is 12.1 Å². The van der Waals surface area contributed by atoms with Gasteiger partial charge in [-0.2, -0.15) is 0 Å². The van der Waals surface area contributed by atoms with Gasteiger partial charge in [-0.3, -0.25) is 4.79 Å². The lowest BCUT2D eigenvalue weighted by molar-refractivity contribution is -0.118. The standard InChI is InChI=1S/C17H22ClN3O2/c1-4-12-9-7-8-10-14(12)21(17(22)13(18)5-2)11-16-20-19-15(6-3)23-16/h7-10,13H,4-6,11H2,1-3H3. The van der Waals surface area contributed by atoms with E-state index >= 15 is 0 Å². The van der Waals surface area contributed by atoms with Gasteiger partial charge in [0.25, 0.3) is 0 Å². The Labute approximate surface area is 141 Å². The van der Waals surface area contributed by atoms with Crippen molar-refractivity contribution in [1.82, 2.24) is 10.2 Å². The Morgan fingerprint density at radius 2 is 1.87 bits per heavy atom. The quantitative estimate of drug-likeness (QED) is 0.723. The largest absolute Gasteiger partial charge is 0.423 e. The lowest BCUT2D eigenvalue weighted by Gasteiger charge is -2.25. The maximum absolute atomic E-state index is 12.7. The van der Waals surface area contributed by atoms with Crippen LogP contribution in [0.5, 0.6) is 0 Å². The van der Waals surface area contributed by atoms with Crippen molar-refractivity contribution in [2.75, 3.05) is 4.90 Å². The predicted octanol–water partition coefficient (Wildman–Crippen LogP) is 3.75. The second-order valence-corrected chi connectivity index (χ2v) is 5.75. The molecule has 0 aliphatic rings. The molecule has 0 saturated heterocycles. The van der Waals surface area contributed by atoms with Crippen LogP contribution in [0.25, 0.3) is 0 Å². The minimum atomic E-state index is -0.575. The van der Waals surface area contributed by atoms with E-state index in [1.54, 1.807) is 4.90 Å². The molecule has 5 nitrogen and oxygen atoms in total. The van der Waals surface area contributed by atoms with E-state index in [1.165, 1.54) is 0 Å². The molecule has 6 heteroatoms. The Bertz CT molecular complexity index is 657. The van der Waals surface area contributed by atoms with Gasteiger partial charge in [0.1, 0.15) is 11.9 Å². The fourth-order valence-electron chi connectivity index (χ4n) is 2.33. The number of halogens is 1. The molecule has 0 spiro atoms. The van der Waals surface area contributed by atoms with Crippen molar-refractivity contribution < 1.29 is 9.21 Å². The number of hydrogen-bond acceptors (Lipinski definition) is 4. The van der Waals surface area contributed by atoms with Crippen LogP contribution in [0.15, 0.2) is 28.7 Å². The number of para-hydroxylation sites is 1. The molecule has 1 aromatic carbocycles. The summed E-state index contributed by atoms with van der Waals surface area (Å²) in [5.74, 6) is 0.835. The zero-order valence-corrected chi connectivity index (χ0v) is 14.5. The SMILES string of the molecule is CCc1nnc(CN(C(=O)C(Cl)CC)c2ccccc2CC)o1. The molecule has 23 heavy (non-hydrogen) atoms. The molecule has 0 aliphatic carbocycles. The fraction of sp³-hybridized carbons (Fsp3) is 0.471. The van der Waals surface area contributed by atoms with Crippen molar-refractivity contribution in [3.63, 3.8) is 0 Å². The van der Waals surface area contributed by atoms with Crippen LogP contribution in [-0.2, 0) is 24.2 Å². The van der Waals surface area contributed by atoms with Crippen LogP contribution in [0.2, 0.25) is 0 Å². The molecule has 1 amide bonds. The Kier molecular flexibility index (Phi) is 6.16. The molecule has 0 saturated carbocycles. The molecule has 1 atom stereocenters. The van der Waals surface area contributed by atoms with E-state index in [0.29, 0.717) is 24.6 Å². The van der Waals surface area contributed by atoms with E-state index in [2.05, 4.69) is 17.1 Å². The van der Waals surface area contributed by atoms with Crippen LogP contribution >= 0.6 is 11.6 Å². The summed E-state index contributed by atoms with van der Waals surface area (Å²) in [5, 5.41) is 7.41. The molecular formula is C17H22ClN3O2. The van der Waals surface area contributed by atoms with Gasteiger partial charge >= 0.3 is 0 Å². The van der Waals surface area contributed by atoms with Crippen molar-refractivity contribution in [1.29, 1.82) is 0 Å². The highest BCUT2D eigenvalue weighted by atomic mass is 35.5. The van der Waals surface area contributed by atoms with Gasteiger partial charge in [0.15, 0.2) is 0 Å². The summed E-state index contributed by atoms with van der Waals surface area (Å²) in [7, 11) is 0.